The molecule has 0 bridgehead atoms. The summed E-state index contributed by atoms with van der Waals surface area (Å²) < 4.78 is 0. The van der Waals surface area contributed by atoms with Gasteiger partial charge in [-0.05, 0) is 63.2 Å². The first-order valence-electron chi connectivity index (χ1n) is 9.17. The van der Waals surface area contributed by atoms with Crippen molar-refractivity contribution in [3.63, 3.8) is 0 Å². The molecule has 140 valence electrons. The summed E-state index contributed by atoms with van der Waals surface area (Å²) in [6.45, 7) is 4.91. The van der Waals surface area contributed by atoms with Gasteiger partial charge in [-0.15, -0.1) is 11.3 Å². The second-order valence-corrected chi connectivity index (χ2v) is 7.51. The molecule has 0 saturated carbocycles. The summed E-state index contributed by atoms with van der Waals surface area (Å²) in [4.78, 5) is 19.3. The Balaban J connectivity index is 1.49. The Morgan fingerprint density at radius 2 is 2.08 bits per heavy atom. The number of thiophene rings is 1. The molecule has 0 aliphatic carbocycles. The van der Waals surface area contributed by atoms with Crippen molar-refractivity contribution in [2.45, 2.75) is 32.1 Å². The van der Waals surface area contributed by atoms with Gasteiger partial charge in [0.2, 0.25) is 5.91 Å². The fraction of sp³-hybridized carbons (Fsp3) is 0.667. The molecule has 0 aromatic carbocycles. The van der Waals surface area contributed by atoms with Crippen LogP contribution in [0.2, 0.25) is 0 Å². The van der Waals surface area contributed by atoms with Crippen LogP contribution in [-0.2, 0) is 11.2 Å². The van der Waals surface area contributed by atoms with Crippen LogP contribution in [0.3, 0.4) is 0 Å². The van der Waals surface area contributed by atoms with Gasteiger partial charge in [0, 0.05) is 30.9 Å². The van der Waals surface area contributed by atoms with Crippen molar-refractivity contribution in [2.24, 2.45) is 16.6 Å². The second kappa shape index (κ2) is 11.1. The summed E-state index contributed by atoms with van der Waals surface area (Å²) >= 11 is 1.79. The number of piperidine rings is 1. The number of hydrogen-bond acceptors (Lipinski definition) is 4. The number of likely N-dealkylation sites (tertiary alicyclic amines) is 1. The van der Waals surface area contributed by atoms with E-state index in [1.165, 1.54) is 4.88 Å². The maximum atomic E-state index is 11.2. The summed E-state index contributed by atoms with van der Waals surface area (Å²) in [7, 11) is 1.81. The van der Waals surface area contributed by atoms with Crippen LogP contribution < -0.4 is 16.4 Å². The van der Waals surface area contributed by atoms with E-state index in [4.69, 9.17) is 5.73 Å². The lowest BCUT2D eigenvalue weighted by atomic mass is 9.96. The number of nitrogens with zero attached hydrogens (tertiary/aromatic N) is 2. The molecule has 0 unspecified atom stereocenters. The van der Waals surface area contributed by atoms with Crippen molar-refractivity contribution in [3.05, 3.63) is 22.4 Å². The van der Waals surface area contributed by atoms with E-state index in [0.717, 1.165) is 70.8 Å². The number of primary amides is 1. The molecule has 0 atom stereocenters. The number of nitrogens with one attached hydrogen (secondary N) is 2. The lowest BCUT2D eigenvalue weighted by Crippen LogP contribution is -2.40. The van der Waals surface area contributed by atoms with Crippen LogP contribution in [0.5, 0.6) is 0 Å². The number of nitrogens with two attached hydrogens (primary N) is 1. The predicted molar refractivity (Wildman–Crippen MR) is 105 cm³/mol. The molecule has 1 aromatic heterocycles. The molecule has 1 amide bonds. The van der Waals surface area contributed by atoms with Crippen molar-refractivity contribution >= 4 is 23.2 Å². The molecule has 1 aromatic rings. The van der Waals surface area contributed by atoms with Gasteiger partial charge < -0.3 is 21.3 Å². The zero-order valence-electron chi connectivity index (χ0n) is 15.2. The van der Waals surface area contributed by atoms with E-state index in [9.17, 15) is 4.79 Å². The first-order valence-corrected chi connectivity index (χ1v) is 10.1. The molecule has 1 aliphatic rings. The Bertz CT molecular complexity index is 524. The summed E-state index contributed by atoms with van der Waals surface area (Å²) in [5.74, 6) is 0.821. The smallest absolute Gasteiger partial charge is 0.220 e. The Hall–Kier alpha value is -1.60. The van der Waals surface area contributed by atoms with Crippen LogP contribution in [0.1, 0.15) is 30.6 Å². The van der Waals surface area contributed by atoms with Crippen molar-refractivity contribution < 1.29 is 4.79 Å². The molecular formula is C18H31N5OS. The van der Waals surface area contributed by atoms with Crippen LogP contribution in [0.4, 0.5) is 0 Å². The van der Waals surface area contributed by atoms with E-state index >= 15 is 0 Å². The minimum Gasteiger partial charge on any atom is -0.369 e. The van der Waals surface area contributed by atoms with E-state index in [1.807, 2.05) is 7.05 Å². The molecule has 7 heteroatoms. The van der Waals surface area contributed by atoms with Gasteiger partial charge in [-0.3, -0.25) is 9.79 Å². The summed E-state index contributed by atoms with van der Waals surface area (Å²) in [6, 6.07) is 4.25. The second-order valence-electron chi connectivity index (χ2n) is 6.48. The number of aliphatic imine (C=N–C) groups is 1. The van der Waals surface area contributed by atoms with E-state index in [-0.39, 0.29) is 11.8 Å². The molecule has 25 heavy (non-hydrogen) atoms. The predicted octanol–water partition coefficient (Wildman–Crippen LogP) is 1.43. The number of rotatable bonds is 9. The van der Waals surface area contributed by atoms with Crippen LogP contribution in [0.25, 0.3) is 0 Å². The van der Waals surface area contributed by atoms with Gasteiger partial charge >= 0.3 is 0 Å². The molecule has 1 fully saturated rings. The monoisotopic (exact) mass is 365 g/mol. The van der Waals surface area contributed by atoms with Gasteiger partial charge in [0.25, 0.3) is 0 Å². The van der Waals surface area contributed by atoms with E-state index < -0.39 is 0 Å². The topological polar surface area (TPSA) is 82.8 Å². The number of amides is 1. The van der Waals surface area contributed by atoms with E-state index in [2.05, 4.69) is 38.0 Å². The van der Waals surface area contributed by atoms with Gasteiger partial charge in [0.05, 0.1) is 0 Å². The van der Waals surface area contributed by atoms with E-state index in [0.29, 0.717) is 0 Å². The molecule has 2 heterocycles. The summed E-state index contributed by atoms with van der Waals surface area (Å²) in [6.07, 6.45) is 5.12. The highest BCUT2D eigenvalue weighted by molar-refractivity contribution is 7.09. The molecule has 0 radical (unpaired) electrons. The maximum absolute atomic E-state index is 11.2. The maximum Gasteiger partial charge on any atom is 0.220 e. The van der Waals surface area contributed by atoms with Crippen molar-refractivity contribution in [3.8, 4) is 0 Å². The number of carbonyl (C=O) groups is 1. The van der Waals surface area contributed by atoms with Crippen LogP contribution >= 0.6 is 11.3 Å². The van der Waals surface area contributed by atoms with Gasteiger partial charge in [-0.1, -0.05) is 6.07 Å². The number of unbranched alkanes of at least 4 members (excludes halogenated alkanes) is 1. The molecule has 0 spiro atoms. The van der Waals surface area contributed by atoms with Crippen molar-refractivity contribution in [2.75, 3.05) is 39.8 Å². The van der Waals surface area contributed by atoms with Gasteiger partial charge in [0.1, 0.15) is 0 Å². The first-order chi connectivity index (χ1) is 12.2. The quantitative estimate of drug-likeness (QED) is 0.351. The highest BCUT2D eigenvalue weighted by Crippen LogP contribution is 2.16. The normalized spacial score (nSPS) is 16.8. The number of guanidine groups is 1. The molecule has 4 N–H and O–H groups in total. The average molecular weight is 366 g/mol. The Morgan fingerprint density at radius 1 is 1.32 bits per heavy atom. The zero-order chi connectivity index (χ0) is 17.9. The van der Waals surface area contributed by atoms with Gasteiger partial charge in [-0.2, -0.15) is 0 Å². The van der Waals surface area contributed by atoms with Gasteiger partial charge in [-0.25, -0.2) is 0 Å². The lowest BCUT2D eigenvalue weighted by Gasteiger charge is -2.30. The standard InChI is InChI=1S/C18H31N5OS/c1-20-18(22-10-6-16-5-4-14-25-16)21-9-2-3-11-23-12-7-15(8-13-23)17(19)24/h4-5,14-15H,2-3,6-13H2,1H3,(H2,19,24)(H2,20,21,22). The third kappa shape index (κ3) is 7.44. The van der Waals surface area contributed by atoms with Crippen molar-refractivity contribution in [1.29, 1.82) is 0 Å². The molecule has 1 aliphatic heterocycles. The average Bonchev–Trinajstić information content (AvgIpc) is 3.13. The SMILES string of the molecule is CN=C(NCCCCN1CCC(C(N)=O)CC1)NCCc1cccs1. The van der Waals surface area contributed by atoms with Crippen LogP contribution in [0.15, 0.2) is 22.5 Å². The van der Waals surface area contributed by atoms with Crippen LogP contribution in [0, 0.1) is 5.92 Å². The Kier molecular flexibility index (Phi) is 8.76. The number of hydrogen-bond donors (Lipinski definition) is 3. The molecule has 2 rings (SSSR count). The number of carbonyl (C=O) groups excluding carboxylic acids is 1. The molecule has 6 nitrogen and oxygen atoms in total. The fourth-order valence-electron chi connectivity index (χ4n) is 3.09. The van der Waals surface area contributed by atoms with E-state index in [1.54, 1.807) is 11.3 Å². The van der Waals surface area contributed by atoms with Gasteiger partial charge in [0.15, 0.2) is 5.96 Å². The zero-order valence-corrected chi connectivity index (χ0v) is 16.0. The summed E-state index contributed by atoms with van der Waals surface area (Å²) in [5, 5.41) is 8.84. The highest BCUT2D eigenvalue weighted by Gasteiger charge is 2.22. The third-order valence-corrected chi connectivity index (χ3v) is 5.59. The largest absolute Gasteiger partial charge is 0.369 e. The Morgan fingerprint density at radius 3 is 2.72 bits per heavy atom. The third-order valence-electron chi connectivity index (χ3n) is 4.65. The van der Waals surface area contributed by atoms with Crippen LogP contribution in [-0.4, -0.2) is 56.5 Å². The minimum atomic E-state index is -0.137. The summed E-state index contributed by atoms with van der Waals surface area (Å²) in [5.41, 5.74) is 5.37. The molecule has 1 saturated heterocycles. The van der Waals surface area contributed by atoms with Crippen molar-refractivity contribution in [1.82, 2.24) is 15.5 Å². The highest BCUT2D eigenvalue weighted by atomic mass is 32.1. The first kappa shape index (κ1) is 19.7. The minimum absolute atomic E-state index is 0.0847. The lowest BCUT2D eigenvalue weighted by molar-refractivity contribution is -0.123. The fourth-order valence-corrected chi connectivity index (χ4v) is 3.80. The molecular weight excluding hydrogens is 334 g/mol. The Labute approximate surface area is 154 Å².